The minimum Gasteiger partial charge on any atom is -0.353 e. The number of benzene rings is 2. The normalized spacial score (nSPS) is 13.9. The standard InChI is InChI=1S/C20H25NS/c1-3-5-9-15(4-2)14-16-10-8-13-19-20(16)21-17-11-6-7-12-18(17)22-19/h6-8,10-13,15,21H,3-5,9,14H2,1-2H3. The van der Waals surface area contributed by atoms with E-state index in [0.717, 1.165) is 5.92 Å². The molecule has 0 saturated heterocycles. The maximum absolute atomic E-state index is 3.67. The Morgan fingerprint density at radius 1 is 1.00 bits per heavy atom. The molecule has 22 heavy (non-hydrogen) atoms. The van der Waals surface area contributed by atoms with Crippen molar-refractivity contribution in [2.45, 2.75) is 55.7 Å². The van der Waals surface area contributed by atoms with Gasteiger partial charge in [-0.3, -0.25) is 0 Å². The molecule has 0 amide bonds. The molecule has 2 aromatic carbocycles. The van der Waals surface area contributed by atoms with Gasteiger partial charge in [0.25, 0.3) is 0 Å². The van der Waals surface area contributed by atoms with Crippen LogP contribution in [0.2, 0.25) is 0 Å². The number of fused-ring (bicyclic) bond motifs is 2. The van der Waals surface area contributed by atoms with Crippen LogP contribution >= 0.6 is 11.8 Å². The largest absolute Gasteiger partial charge is 0.353 e. The highest BCUT2D eigenvalue weighted by Crippen LogP contribution is 2.45. The van der Waals surface area contributed by atoms with Crippen molar-refractivity contribution < 1.29 is 0 Å². The molecule has 1 aliphatic heterocycles. The van der Waals surface area contributed by atoms with E-state index in [1.165, 1.54) is 58.8 Å². The first kappa shape index (κ1) is 15.5. The predicted molar refractivity (Wildman–Crippen MR) is 97.3 cm³/mol. The lowest BCUT2D eigenvalue weighted by atomic mass is 9.91. The van der Waals surface area contributed by atoms with Gasteiger partial charge >= 0.3 is 0 Å². The van der Waals surface area contributed by atoms with Crippen molar-refractivity contribution >= 4 is 23.1 Å². The number of anilines is 2. The SMILES string of the molecule is CCCCC(CC)Cc1cccc2c1Nc1ccccc1S2. The molecule has 0 fully saturated rings. The smallest absolute Gasteiger partial charge is 0.0559 e. The summed E-state index contributed by atoms with van der Waals surface area (Å²) in [6, 6.07) is 15.3. The van der Waals surface area contributed by atoms with Crippen molar-refractivity contribution in [3.63, 3.8) is 0 Å². The van der Waals surface area contributed by atoms with Crippen molar-refractivity contribution in [1.82, 2.24) is 0 Å². The topological polar surface area (TPSA) is 12.0 Å². The summed E-state index contributed by atoms with van der Waals surface area (Å²) in [7, 11) is 0. The molecule has 0 spiro atoms. The van der Waals surface area contributed by atoms with Crippen LogP contribution in [-0.4, -0.2) is 0 Å². The second-order valence-corrected chi connectivity index (χ2v) is 7.22. The van der Waals surface area contributed by atoms with Gasteiger partial charge in [-0.15, -0.1) is 0 Å². The predicted octanol–water partition coefficient (Wildman–Crippen LogP) is 6.65. The van der Waals surface area contributed by atoms with Crippen LogP contribution in [0.1, 0.15) is 45.1 Å². The third-order valence-corrected chi connectivity index (χ3v) is 5.67. The molecule has 1 heterocycles. The lowest BCUT2D eigenvalue weighted by Gasteiger charge is -2.25. The monoisotopic (exact) mass is 311 g/mol. The van der Waals surface area contributed by atoms with Crippen LogP contribution in [0.15, 0.2) is 52.3 Å². The maximum Gasteiger partial charge on any atom is 0.0559 e. The number of hydrogen-bond acceptors (Lipinski definition) is 2. The van der Waals surface area contributed by atoms with Crippen LogP contribution in [0.3, 0.4) is 0 Å². The number of nitrogens with one attached hydrogen (secondary N) is 1. The quantitative estimate of drug-likeness (QED) is 0.546. The summed E-state index contributed by atoms with van der Waals surface area (Å²) in [5.74, 6) is 0.801. The molecule has 3 rings (SSSR count). The Labute approximate surface area is 138 Å². The molecule has 0 bridgehead atoms. The second kappa shape index (κ2) is 7.23. The fourth-order valence-corrected chi connectivity index (χ4v) is 4.18. The van der Waals surface area contributed by atoms with Gasteiger partial charge in [0.1, 0.15) is 0 Å². The van der Waals surface area contributed by atoms with Crippen LogP contribution in [-0.2, 0) is 6.42 Å². The molecule has 0 radical (unpaired) electrons. The maximum atomic E-state index is 3.67. The molecule has 2 aromatic rings. The first-order chi connectivity index (χ1) is 10.8. The minimum atomic E-state index is 0.801. The summed E-state index contributed by atoms with van der Waals surface area (Å²) in [5.41, 5.74) is 4.05. The van der Waals surface area contributed by atoms with Gasteiger partial charge < -0.3 is 5.32 Å². The third kappa shape index (κ3) is 3.33. The molecule has 1 unspecified atom stereocenters. The molecule has 1 nitrogen and oxygen atoms in total. The zero-order valence-electron chi connectivity index (χ0n) is 13.6. The highest BCUT2D eigenvalue weighted by Gasteiger charge is 2.19. The summed E-state index contributed by atoms with van der Waals surface area (Å²) >= 11 is 1.89. The summed E-state index contributed by atoms with van der Waals surface area (Å²) in [5, 5.41) is 3.67. The van der Waals surface area contributed by atoms with Gasteiger partial charge in [-0.2, -0.15) is 0 Å². The van der Waals surface area contributed by atoms with E-state index in [0.29, 0.717) is 0 Å². The molecular weight excluding hydrogens is 286 g/mol. The Hall–Kier alpha value is -1.41. The average molecular weight is 311 g/mol. The fourth-order valence-electron chi connectivity index (χ4n) is 3.14. The number of hydrogen-bond donors (Lipinski definition) is 1. The molecule has 0 saturated carbocycles. The van der Waals surface area contributed by atoms with Crippen LogP contribution in [0.5, 0.6) is 0 Å². The van der Waals surface area contributed by atoms with E-state index in [9.17, 15) is 0 Å². The van der Waals surface area contributed by atoms with Crippen molar-refractivity contribution in [2.24, 2.45) is 5.92 Å². The van der Waals surface area contributed by atoms with Crippen molar-refractivity contribution in [3.8, 4) is 0 Å². The van der Waals surface area contributed by atoms with E-state index in [2.05, 4.69) is 61.6 Å². The lowest BCUT2D eigenvalue weighted by molar-refractivity contribution is 0.449. The Morgan fingerprint density at radius 3 is 2.64 bits per heavy atom. The highest BCUT2D eigenvalue weighted by molar-refractivity contribution is 7.99. The van der Waals surface area contributed by atoms with E-state index >= 15 is 0 Å². The Bertz CT molecular complexity index is 635. The van der Waals surface area contributed by atoms with E-state index < -0.39 is 0 Å². The van der Waals surface area contributed by atoms with E-state index in [-0.39, 0.29) is 0 Å². The molecule has 1 aliphatic rings. The van der Waals surface area contributed by atoms with Crippen LogP contribution < -0.4 is 5.32 Å². The van der Waals surface area contributed by atoms with Gasteiger partial charge in [-0.25, -0.2) is 0 Å². The second-order valence-electron chi connectivity index (χ2n) is 6.13. The molecule has 2 heteroatoms. The van der Waals surface area contributed by atoms with E-state index in [1.54, 1.807) is 0 Å². The molecular formula is C20H25NS. The fraction of sp³-hybridized carbons (Fsp3) is 0.400. The third-order valence-electron chi connectivity index (χ3n) is 4.53. The molecule has 1 atom stereocenters. The number of unbranched alkanes of at least 4 members (excludes halogenated alkanes) is 1. The Balaban J connectivity index is 1.83. The Kier molecular flexibility index (Phi) is 5.09. The van der Waals surface area contributed by atoms with Gasteiger partial charge in [-0.05, 0) is 36.1 Å². The van der Waals surface area contributed by atoms with E-state index in [1.807, 2.05) is 11.8 Å². The summed E-state index contributed by atoms with van der Waals surface area (Å²) < 4.78 is 0. The lowest BCUT2D eigenvalue weighted by Crippen LogP contribution is -2.08. The average Bonchev–Trinajstić information content (AvgIpc) is 2.57. The zero-order valence-corrected chi connectivity index (χ0v) is 14.4. The molecule has 0 aromatic heterocycles. The van der Waals surface area contributed by atoms with Gasteiger partial charge in [-0.1, -0.05) is 75.6 Å². The van der Waals surface area contributed by atoms with E-state index in [4.69, 9.17) is 0 Å². The van der Waals surface area contributed by atoms with Gasteiger partial charge in [0.2, 0.25) is 0 Å². The number of para-hydroxylation sites is 2. The summed E-state index contributed by atoms with van der Waals surface area (Å²) in [6.45, 7) is 4.61. The first-order valence-electron chi connectivity index (χ1n) is 8.47. The molecule has 116 valence electrons. The van der Waals surface area contributed by atoms with Gasteiger partial charge in [0, 0.05) is 9.79 Å². The summed E-state index contributed by atoms with van der Waals surface area (Å²) in [6.07, 6.45) is 6.45. The first-order valence-corrected chi connectivity index (χ1v) is 9.29. The van der Waals surface area contributed by atoms with Crippen molar-refractivity contribution in [3.05, 3.63) is 48.0 Å². The number of rotatable bonds is 6. The van der Waals surface area contributed by atoms with Gasteiger partial charge in [0.05, 0.1) is 11.4 Å². The van der Waals surface area contributed by atoms with Crippen LogP contribution in [0, 0.1) is 5.92 Å². The zero-order chi connectivity index (χ0) is 15.4. The molecule has 1 N–H and O–H groups in total. The molecule has 0 aliphatic carbocycles. The van der Waals surface area contributed by atoms with Crippen LogP contribution in [0.4, 0.5) is 11.4 Å². The summed E-state index contributed by atoms with van der Waals surface area (Å²) in [4.78, 5) is 2.69. The van der Waals surface area contributed by atoms with Crippen molar-refractivity contribution in [1.29, 1.82) is 0 Å². The van der Waals surface area contributed by atoms with Gasteiger partial charge in [0.15, 0.2) is 0 Å². The highest BCUT2D eigenvalue weighted by atomic mass is 32.2. The Morgan fingerprint density at radius 2 is 1.82 bits per heavy atom. The van der Waals surface area contributed by atoms with Crippen LogP contribution in [0.25, 0.3) is 0 Å². The minimum absolute atomic E-state index is 0.801. The van der Waals surface area contributed by atoms with Crippen molar-refractivity contribution in [2.75, 3.05) is 5.32 Å².